The fourth-order valence-corrected chi connectivity index (χ4v) is 2.75. The van der Waals surface area contributed by atoms with Gasteiger partial charge in [-0.1, -0.05) is 19.3 Å². The van der Waals surface area contributed by atoms with E-state index in [0.717, 1.165) is 31.7 Å². The number of ether oxygens (including phenoxy) is 2. The summed E-state index contributed by atoms with van der Waals surface area (Å²) < 4.78 is 24.3. The van der Waals surface area contributed by atoms with Gasteiger partial charge in [0, 0.05) is 0 Å². The number of anilines is 2. The maximum absolute atomic E-state index is 13.6. The van der Waals surface area contributed by atoms with E-state index in [1.165, 1.54) is 18.6 Å². The minimum atomic E-state index is -0.682. The topological polar surface area (TPSA) is 76.7 Å². The second-order valence-electron chi connectivity index (χ2n) is 7.44. The van der Waals surface area contributed by atoms with Gasteiger partial charge in [-0.2, -0.15) is 0 Å². The van der Waals surface area contributed by atoms with Crippen LogP contribution in [0.4, 0.5) is 20.6 Å². The van der Waals surface area contributed by atoms with Gasteiger partial charge < -0.3 is 14.8 Å². The Balaban J connectivity index is 1.95. The van der Waals surface area contributed by atoms with Crippen LogP contribution in [0.25, 0.3) is 0 Å². The summed E-state index contributed by atoms with van der Waals surface area (Å²) in [4.78, 5) is 24.0. The zero-order valence-corrected chi connectivity index (χ0v) is 15.6. The van der Waals surface area contributed by atoms with Gasteiger partial charge in [-0.05, 0) is 51.8 Å². The van der Waals surface area contributed by atoms with Gasteiger partial charge in [-0.15, -0.1) is 0 Å². The van der Waals surface area contributed by atoms with Crippen molar-refractivity contribution in [1.82, 2.24) is 0 Å². The number of rotatable bonds is 5. The molecule has 0 radical (unpaired) electrons. The van der Waals surface area contributed by atoms with E-state index in [4.69, 9.17) is 9.47 Å². The smallest absolute Gasteiger partial charge is 0.412 e. The summed E-state index contributed by atoms with van der Waals surface area (Å²) in [5.74, 6) is -0.920. The molecule has 1 fully saturated rings. The van der Waals surface area contributed by atoms with E-state index in [2.05, 4.69) is 10.6 Å². The van der Waals surface area contributed by atoms with Crippen molar-refractivity contribution in [1.29, 1.82) is 0 Å². The number of hydrogen-bond acceptors (Lipinski definition) is 4. The van der Waals surface area contributed by atoms with Crippen molar-refractivity contribution in [2.45, 2.75) is 64.6 Å². The fraction of sp³-hybridized carbons (Fsp3) is 0.579. The quantitative estimate of drug-likeness (QED) is 0.806. The van der Waals surface area contributed by atoms with Crippen molar-refractivity contribution >= 4 is 23.4 Å². The zero-order chi connectivity index (χ0) is 19.2. The maximum atomic E-state index is 13.6. The highest BCUT2D eigenvalue weighted by Crippen LogP contribution is 2.24. The first kappa shape index (κ1) is 20.2. The number of halogens is 1. The molecule has 1 aromatic carbocycles. The summed E-state index contributed by atoms with van der Waals surface area (Å²) >= 11 is 0. The number of hydrogen-bond donors (Lipinski definition) is 2. The van der Waals surface area contributed by atoms with Crippen molar-refractivity contribution in [3.8, 4) is 0 Å². The van der Waals surface area contributed by atoms with E-state index in [9.17, 15) is 14.0 Å². The predicted molar refractivity (Wildman–Crippen MR) is 97.7 cm³/mol. The molecule has 0 aliphatic heterocycles. The number of nitrogens with one attached hydrogen (secondary N) is 2. The first-order valence-corrected chi connectivity index (χ1v) is 8.94. The second-order valence-corrected chi connectivity index (χ2v) is 7.44. The van der Waals surface area contributed by atoms with Crippen molar-refractivity contribution < 1.29 is 23.5 Å². The lowest BCUT2D eigenvalue weighted by Gasteiger charge is -2.22. The zero-order valence-electron chi connectivity index (χ0n) is 15.6. The second kappa shape index (κ2) is 8.98. The van der Waals surface area contributed by atoms with Crippen molar-refractivity contribution in [3.05, 3.63) is 24.0 Å². The van der Waals surface area contributed by atoms with Crippen molar-refractivity contribution in [3.63, 3.8) is 0 Å². The van der Waals surface area contributed by atoms with Crippen molar-refractivity contribution in [2.75, 3.05) is 17.2 Å². The van der Waals surface area contributed by atoms with Crippen LogP contribution in [0.2, 0.25) is 0 Å². The normalized spacial score (nSPS) is 15.4. The van der Waals surface area contributed by atoms with Gasteiger partial charge in [0.1, 0.15) is 18.0 Å². The number of amides is 2. The molecule has 2 N–H and O–H groups in total. The van der Waals surface area contributed by atoms with Crippen LogP contribution < -0.4 is 10.6 Å². The molecular formula is C19H27FN2O4. The van der Waals surface area contributed by atoms with Gasteiger partial charge in [0.05, 0.1) is 17.5 Å². The van der Waals surface area contributed by atoms with Gasteiger partial charge in [-0.3, -0.25) is 10.1 Å². The summed E-state index contributed by atoms with van der Waals surface area (Å²) in [6.45, 7) is 5.11. The molecule has 0 saturated heterocycles. The third kappa shape index (κ3) is 7.00. The average molecular weight is 366 g/mol. The molecule has 6 nitrogen and oxygen atoms in total. The highest BCUT2D eigenvalue weighted by atomic mass is 19.1. The predicted octanol–water partition coefficient (Wildman–Crippen LogP) is 4.46. The molecular weight excluding hydrogens is 339 g/mol. The Morgan fingerprint density at radius 1 is 1.12 bits per heavy atom. The summed E-state index contributed by atoms with van der Waals surface area (Å²) in [6.07, 6.45) is 4.76. The largest absolute Gasteiger partial charge is 0.444 e. The molecule has 2 amide bonds. The molecule has 7 heteroatoms. The SMILES string of the molecule is CC(C)(C)OC(=O)Nc1ccc(F)cc1NC(=O)COC1CCCCC1. The number of carbonyl (C=O) groups excluding carboxylic acids is 2. The minimum Gasteiger partial charge on any atom is -0.444 e. The Labute approximate surface area is 153 Å². The monoisotopic (exact) mass is 366 g/mol. The third-order valence-corrected chi connectivity index (χ3v) is 3.89. The van der Waals surface area contributed by atoms with Gasteiger partial charge >= 0.3 is 6.09 Å². The Kier molecular flexibility index (Phi) is 6.97. The molecule has 26 heavy (non-hydrogen) atoms. The van der Waals surface area contributed by atoms with Gasteiger partial charge in [0.25, 0.3) is 0 Å². The molecule has 0 atom stereocenters. The molecule has 1 aromatic rings. The van der Waals surface area contributed by atoms with Crippen LogP contribution in [0.15, 0.2) is 18.2 Å². The van der Waals surface area contributed by atoms with Crippen molar-refractivity contribution in [2.24, 2.45) is 0 Å². The molecule has 0 aromatic heterocycles. The Morgan fingerprint density at radius 3 is 2.46 bits per heavy atom. The average Bonchev–Trinajstić information content (AvgIpc) is 2.55. The molecule has 0 bridgehead atoms. The molecule has 0 spiro atoms. The molecule has 144 valence electrons. The lowest BCUT2D eigenvalue weighted by atomic mass is 9.98. The lowest BCUT2D eigenvalue weighted by molar-refractivity contribution is -0.123. The third-order valence-electron chi connectivity index (χ3n) is 3.89. The fourth-order valence-electron chi connectivity index (χ4n) is 2.75. The molecule has 2 rings (SSSR count). The summed E-state index contributed by atoms with van der Waals surface area (Å²) in [7, 11) is 0. The lowest BCUT2D eigenvalue weighted by Crippen LogP contribution is -2.28. The summed E-state index contributed by atoms with van der Waals surface area (Å²) in [5, 5.41) is 5.11. The summed E-state index contributed by atoms with van der Waals surface area (Å²) in [5.41, 5.74) is -0.249. The van der Waals surface area contributed by atoms with Crippen LogP contribution in [0.3, 0.4) is 0 Å². The highest BCUT2D eigenvalue weighted by Gasteiger charge is 2.19. The van der Waals surface area contributed by atoms with Crippen LogP contribution in [-0.2, 0) is 14.3 Å². The van der Waals surface area contributed by atoms with E-state index in [1.807, 2.05) is 0 Å². The highest BCUT2D eigenvalue weighted by molar-refractivity contribution is 5.98. The molecule has 0 unspecified atom stereocenters. The van der Waals surface area contributed by atoms with Crippen LogP contribution >= 0.6 is 0 Å². The first-order valence-electron chi connectivity index (χ1n) is 8.94. The van der Waals surface area contributed by atoms with Crippen LogP contribution in [0, 0.1) is 5.82 Å². The van der Waals surface area contributed by atoms with E-state index < -0.39 is 23.4 Å². The Bertz CT molecular complexity index is 637. The molecule has 0 heterocycles. The van der Waals surface area contributed by atoms with Gasteiger partial charge in [0.2, 0.25) is 5.91 Å². The summed E-state index contributed by atoms with van der Waals surface area (Å²) in [6, 6.07) is 3.71. The molecule has 1 aliphatic carbocycles. The molecule has 1 saturated carbocycles. The number of carbonyl (C=O) groups is 2. The van der Waals surface area contributed by atoms with Gasteiger partial charge in [-0.25, -0.2) is 9.18 Å². The van der Waals surface area contributed by atoms with E-state index >= 15 is 0 Å². The number of benzene rings is 1. The molecule has 1 aliphatic rings. The van der Waals surface area contributed by atoms with Crippen LogP contribution in [-0.4, -0.2) is 30.3 Å². The van der Waals surface area contributed by atoms with E-state index in [0.29, 0.717) is 0 Å². The van der Waals surface area contributed by atoms with E-state index in [-0.39, 0.29) is 24.1 Å². The van der Waals surface area contributed by atoms with Crippen LogP contribution in [0.5, 0.6) is 0 Å². The Morgan fingerprint density at radius 2 is 1.81 bits per heavy atom. The van der Waals surface area contributed by atoms with E-state index in [1.54, 1.807) is 20.8 Å². The first-order chi connectivity index (χ1) is 12.2. The Hall–Kier alpha value is -2.15. The standard InChI is InChI=1S/C19H27FN2O4/c1-19(2,3)26-18(24)22-15-10-9-13(20)11-16(15)21-17(23)12-25-14-7-5-4-6-8-14/h9-11,14H,4-8,12H2,1-3H3,(H,21,23)(H,22,24). The minimum absolute atomic E-state index is 0.0985. The maximum Gasteiger partial charge on any atom is 0.412 e. The van der Waals surface area contributed by atoms with Gasteiger partial charge in [0.15, 0.2) is 0 Å². The van der Waals surface area contributed by atoms with Crippen LogP contribution in [0.1, 0.15) is 52.9 Å².